The van der Waals surface area contributed by atoms with Gasteiger partial charge in [0.1, 0.15) is 0 Å². The first-order valence-electron chi connectivity index (χ1n) is 8.55. The summed E-state index contributed by atoms with van der Waals surface area (Å²) in [5.74, 6) is -2.05. The summed E-state index contributed by atoms with van der Waals surface area (Å²) in [7, 11) is 1.58. The van der Waals surface area contributed by atoms with Crippen LogP contribution in [0.25, 0.3) is 0 Å². The van der Waals surface area contributed by atoms with Crippen molar-refractivity contribution in [3.8, 4) is 0 Å². The normalized spacial score (nSPS) is 11.9. The number of nitrogens with zero attached hydrogens (tertiary/aromatic N) is 3. The minimum Gasteiger partial charge on any atom is -0.348 e. The van der Waals surface area contributed by atoms with Crippen LogP contribution < -0.4 is 5.32 Å². The molecule has 0 saturated carbocycles. The van der Waals surface area contributed by atoms with Gasteiger partial charge in [-0.05, 0) is 24.5 Å². The van der Waals surface area contributed by atoms with Gasteiger partial charge in [0.2, 0.25) is 11.9 Å². The zero-order chi connectivity index (χ0) is 20.0. The summed E-state index contributed by atoms with van der Waals surface area (Å²) in [5.41, 5.74) is 0.331. The highest BCUT2D eigenvalue weighted by Gasteiger charge is 2.21. The molecule has 0 spiro atoms. The molecule has 0 radical (unpaired) electrons. The average Bonchev–Trinajstić information content (AvgIpc) is 2.60. The maximum Gasteiger partial charge on any atom is 0.253 e. The predicted molar refractivity (Wildman–Crippen MR) is 96.1 cm³/mol. The molecule has 0 aliphatic carbocycles. The van der Waals surface area contributed by atoms with Crippen LogP contribution in [-0.2, 0) is 0 Å². The molecule has 0 aliphatic rings. The maximum absolute atomic E-state index is 13.2. The second-order valence-corrected chi connectivity index (χ2v) is 6.72. The Kier molecular flexibility index (Phi) is 6.92. The van der Waals surface area contributed by atoms with E-state index in [1.165, 1.54) is 29.4 Å². The Morgan fingerprint density at radius 1 is 1.07 bits per heavy atom. The minimum atomic E-state index is -0.741. The van der Waals surface area contributed by atoms with Crippen LogP contribution in [0, 0.1) is 17.8 Å². The van der Waals surface area contributed by atoms with Gasteiger partial charge in [-0.15, -0.1) is 0 Å². The van der Waals surface area contributed by atoms with Gasteiger partial charge < -0.3 is 10.2 Å². The second-order valence-electron chi connectivity index (χ2n) is 6.72. The predicted octanol–water partition coefficient (Wildman–Crippen LogP) is 2.67. The number of carbonyl (C=O) groups is 2. The van der Waals surface area contributed by atoms with Crippen molar-refractivity contribution in [2.24, 2.45) is 5.92 Å². The van der Waals surface area contributed by atoms with E-state index >= 15 is 0 Å². The Balaban J connectivity index is 2.09. The maximum atomic E-state index is 13.2. The molecule has 0 aliphatic heterocycles. The van der Waals surface area contributed by atoms with E-state index in [0.717, 1.165) is 12.1 Å². The fraction of sp³-hybridized carbons (Fsp3) is 0.368. The van der Waals surface area contributed by atoms with Crippen LogP contribution in [-0.4, -0.2) is 46.3 Å². The summed E-state index contributed by atoms with van der Waals surface area (Å²) in [6.07, 6.45) is 3.05. The van der Waals surface area contributed by atoms with Crippen molar-refractivity contribution in [1.82, 2.24) is 20.2 Å². The molecular weight excluding hydrogens is 354 g/mol. The van der Waals surface area contributed by atoms with Crippen LogP contribution in [0.3, 0.4) is 0 Å². The largest absolute Gasteiger partial charge is 0.348 e. The average molecular weight is 376 g/mol. The highest BCUT2D eigenvalue weighted by atomic mass is 19.1. The van der Waals surface area contributed by atoms with Gasteiger partial charge in [0, 0.05) is 55.3 Å². The van der Waals surface area contributed by atoms with Gasteiger partial charge in [-0.1, -0.05) is 13.8 Å². The quantitative estimate of drug-likeness (QED) is 0.754. The SMILES string of the molecule is CC(C)C[C@@H](CN(C)C(=O)c1ccnc(F)c1)NC(=O)c1ccnc(F)c1. The Labute approximate surface area is 156 Å². The highest BCUT2D eigenvalue weighted by molar-refractivity contribution is 5.95. The molecule has 27 heavy (non-hydrogen) atoms. The lowest BCUT2D eigenvalue weighted by Gasteiger charge is -2.26. The molecule has 2 aromatic heterocycles. The molecule has 0 aromatic carbocycles. The first-order valence-corrected chi connectivity index (χ1v) is 8.55. The van der Waals surface area contributed by atoms with Crippen molar-refractivity contribution in [2.45, 2.75) is 26.3 Å². The van der Waals surface area contributed by atoms with Crippen molar-refractivity contribution >= 4 is 11.8 Å². The number of carbonyl (C=O) groups excluding carboxylic acids is 2. The number of hydrogen-bond donors (Lipinski definition) is 1. The number of nitrogens with one attached hydrogen (secondary N) is 1. The third kappa shape index (κ3) is 6.09. The molecular formula is C19H22F2N4O2. The van der Waals surface area contributed by atoms with Crippen LogP contribution in [0.2, 0.25) is 0 Å². The van der Waals surface area contributed by atoms with E-state index in [1.54, 1.807) is 7.05 Å². The van der Waals surface area contributed by atoms with E-state index in [2.05, 4.69) is 15.3 Å². The van der Waals surface area contributed by atoms with Crippen LogP contribution in [0.1, 0.15) is 41.0 Å². The van der Waals surface area contributed by atoms with Crippen molar-refractivity contribution in [2.75, 3.05) is 13.6 Å². The molecule has 8 heteroatoms. The Morgan fingerprint density at radius 2 is 1.63 bits per heavy atom. The fourth-order valence-corrected chi connectivity index (χ4v) is 2.73. The van der Waals surface area contributed by atoms with E-state index in [0.29, 0.717) is 6.42 Å². The number of amides is 2. The number of aromatic nitrogens is 2. The van der Waals surface area contributed by atoms with Gasteiger partial charge in [-0.3, -0.25) is 9.59 Å². The van der Waals surface area contributed by atoms with E-state index in [-0.39, 0.29) is 35.5 Å². The van der Waals surface area contributed by atoms with Gasteiger partial charge >= 0.3 is 0 Å². The fourth-order valence-electron chi connectivity index (χ4n) is 2.73. The molecule has 2 heterocycles. The number of pyridine rings is 2. The number of halogens is 2. The number of rotatable bonds is 7. The zero-order valence-corrected chi connectivity index (χ0v) is 15.4. The summed E-state index contributed by atoms with van der Waals surface area (Å²) < 4.78 is 26.5. The lowest BCUT2D eigenvalue weighted by atomic mass is 10.0. The third-order valence-corrected chi connectivity index (χ3v) is 3.89. The lowest BCUT2D eigenvalue weighted by molar-refractivity contribution is 0.0758. The van der Waals surface area contributed by atoms with E-state index < -0.39 is 17.8 Å². The van der Waals surface area contributed by atoms with Crippen molar-refractivity contribution in [3.63, 3.8) is 0 Å². The van der Waals surface area contributed by atoms with E-state index in [4.69, 9.17) is 0 Å². The van der Waals surface area contributed by atoms with E-state index in [9.17, 15) is 18.4 Å². The van der Waals surface area contributed by atoms with Gasteiger partial charge in [-0.2, -0.15) is 8.78 Å². The summed E-state index contributed by atoms with van der Waals surface area (Å²) >= 11 is 0. The van der Waals surface area contributed by atoms with Crippen molar-refractivity contribution in [1.29, 1.82) is 0 Å². The smallest absolute Gasteiger partial charge is 0.253 e. The zero-order valence-electron chi connectivity index (χ0n) is 15.4. The lowest BCUT2D eigenvalue weighted by Crippen LogP contribution is -2.45. The minimum absolute atomic E-state index is 0.154. The van der Waals surface area contributed by atoms with Crippen LogP contribution in [0.4, 0.5) is 8.78 Å². The summed E-state index contributed by atoms with van der Waals surface area (Å²) in [5, 5.41) is 2.83. The summed E-state index contributed by atoms with van der Waals surface area (Å²) in [6, 6.07) is 4.61. The van der Waals surface area contributed by atoms with Crippen LogP contribution in [0.5, 0.6) is 0 Å². The van der Waals surface area contributed by atoms with E-state index in [1.807, 2.05) is 13.8 Å². The third-order valence-electron chi connectivity index (χ3n) is 3.89. The van der Waals surface area contributed by atoms with Crippen LogP contribution >= 0.6 is 0 Å². The molecule has 2 rings (SSSR count). The first-order chi connectivity index (χ1) is 12.8. The van der Waals surface area contributed by atoms with Crippen LogP contribution in [0.15, 0.2) is 36.7 Å². The molecule has 1 N–H and O–H groups in total. The molecule has 2 aromatic rings. The van der Waals surface area contributed by atoms with Gasteiger partial charge in [-0.25, -0.2) is 9.97 Å². The topological polar surface area (TPSA) is 75.2 Å². The monoisotopic (exact) mass is 376 g/mol. The molecule has 0 bridgehead atoms. The molecule has 0 unspecified atom stereocenters. The Hall–Kier alpha value is -2.90. The molecule has 0 saturated heterocycles. The molecule has 2 amide bonds. The number of hydrogen-bond acceptors (Lipinski definition) is 4. The van der Waals surface area contributed by atoms with Gasteiger partial charge in [0.25, 0.3) is 11.8 Å². The van der Waals surface area contributed by atoms with Gasteiger partial charge in [0.15, 0.2) is 0 Å². The highest BCUT2D eigenvalue weighted by Crippen LogP contribution is 2.11. The standard InChI is InChI=1S/C19H22F2N4O2/c1-12(2)8-15(24-18(26)13-4-6-22-16(20)9-13)11-25(3)19(27)14-5-7-23-17(21)10-14/h4-7,9-10,12,15H,8,11H2,1-3H3,(H,24,26)/t15-/m0/s1. The summed E-state index contributed by atoms with van der Waals surface area (Å²) in [6.45, 7) is 4.21. The molecule has 6 nitrogen and oxygen atoms in total. The Morgan fingerprint density at radius 3 is 2.19 bits per heavy atom. The first kappa shape index (κ1) is 20.4. The van der Waals surface area contributed by atoms with Crippen molar-refractivity contribution in [3.05, 3.63) is 59.7 Å². The molecule has 0 fully saturated rings. The van der Waals surface area contributed by atoms with Crippen molar-refractivity contribution < 1.29 is 18.4 Å². The summed E-state index contributed by atoms with van der Waals surface area (Å²) in [4.78, 5) is 33.1. The molecule has 1 atom stereocenters. The Bertz CT molecular complexity index is 814. The second kappa shape index (κ2) is 9.16. The number of likely N-dealkylation sites (N-methyl/N-ethyl adjacent to an activating group) is 1. The van der Waals surface area contributed by atoms with Gasteiger partial charge in [0.05, 0.1) is 0 Å². The molecule has 144 valence electrons.